The third kappa shape index (κ3) is 2.92. The molecule has 3 heterocycles. The molecule has 0 aromatic carbocycles. The lowest BCUT2D eigenvalue weighted by Gasteiger charge is -2.38. The van der Waals surface area contributed by atoms with E-state index in [1.807, 2.05) is 0 Å². The van der Waals surface area contributed by atoms with E-state index in [0.717, 1.165) is 19.3 Å². The van der Waals surface area contributed by atoms with Gasteiger partial charge in [-0.3, -0.25) is 27.9 Å². The second kappa shape index (κ2) is 5.87. The van der Waals surface area contributed by atoms with Crippen LogP contribution >= 0.6 is 7.82 Å². The minimum Gasteiger partial charge on any atom is -0.347 e. The van der Waals surface area contributed by atoms with Gasteiger partial charge in [0, 0.05) is 12.3 Å². The highest BCUT2D eigenvalue weighted by Gasteiger charge is 2.59. The molecule has 138 valence electrons. The van der Waals surface area contributed by atoms with Crippen LogP contribution in [0.3, 0.4) is 0 Å². The number of nitrogens with one attached hydrogen (secondary N) is 1. The Bertz CT molecular complexity index is 830. The van der Waals surface area contributed by atoms with Crippen LogP contribution in [-0.2, 0) is 22.9 Å². The molecule has 0 amide bonds. The molecule has 2 aliphatic heterocycles. The Morgan fingerprint density at radius 3 is 2.84 bits per heavy atom. The lowest BCUT2D eigenvalue weighted by molar-refractivity contribution is -0.0800. The van der Waals surface area contributed by atoms with E-state index in [0.29, 0.717) is 0 Å². The number of aromatic amines is 1. The van der Waals surface area contributed by atoms with Gasteiger partial charge in [0.1, 0.15) is 12.2 Å². The van der Waals surface area contributed by atoms with Gasteiger partial charge in [-0.2, -0.15) is 0 Å². The van der Waals surface area contributed by atoms with Crippen molar-refractivity contribution in [2.45, 2.75) is 56.3 Å². The highest BCUT2D eigenvalue weighted by Crippen LogP contribution is 2.59. The van der Waals surface area contributed by atoms with Crippen LogP contribution in [0.2, 0.25) is 0 Å². The van der Waals surface area contributed by atoms with Crippen LogP contribution in [0.25, 0.3) is 0 Å². The Kier molecular flexibility index (Phi) is 4.02. The Balaban J connectivity index is 1.60. The fraction of sp³-hybridized carbons (Fsp3) is 0.714. The summed E-state index contributed by atoms with van der Waals surface area (Å²) in [4.78, 5) is 25.5. The summed E-state index contributed by atoms with van der Waals surface area (Å²) >= 11 is 0. The fourth-order valence-electron chi connectivity index (χ4n) is 3.26. The summed E-state index contributed by atoms with van der Waals surface area (Å²) < 4.78 is 36.1. The molecule has 0 bridgehead atoms. The Hall–Kier alpha value is -1.29. The van der Waals surface area contributed by atoms with Gasteiger partial charge < -0.3 is 10.5 Å². The number of ether oxygens (including phenoxy) is 1. The van der Waals surface area contributed by atoms with Crippen LogP contribution in [0.5, 0.6) is 0 Å². The first-order chi connectivity index (χ1) is 11.8. The van der Waals surface area contributed by atoms with Crippen molar-refractivity contribution in [3.8, 4) is 0 Å². The topological polar surface area (TPSA) is 135 Å². The number of phosphoric ester groups is 1. The molecular weight excluding hydrogens is 353 g/mol. The van der Waals surface area contributed by atoms with Gasteiger partial charge in [-0.25, -0.2) is 9.36 Å². The second-order valence-electron chi connectivity index (χ2n) is 6.84. The van der Waals surface area contributed by atoms with Gasteiger partial charge in [0.15, 0.2) is 6.23 Å². The molecule has 0 spiro atoms. The molecule has 1 aliphatic carbocycles. The highest BCUT2D eigenvalue weighted by molar-refractivity contribution is 7.48. The Labute approximate surface area is 142 Å². The summed E-state index contributed by atoms with van der Waals surface area (Å²) in [5.41, 5.74) is 4.02. The standard InChI is InChI=1S/C14H20N3O7P/c1-14(15)11-9(7-21-25(20,24-11)23-8-3-2-4-8)22-12(14)17-6-5-10(18)16-13(17)19/h5-6,8-9,11-12H,2-4,7,15H2,1H3,(H,16,18,19)/t9-,11?,12?,14-,25-/m1/s1. The molecule has 0 radical (unpaired) electrons. The maximum Gasteiger partial charge on any atom is 0.475 e. The van der Waals surface area contributed by atoms with Crippen LogP contribution in [0.15, 0.2) is 21.9 Å². The molecule has 3 fully saturated rings. The van der Waals surface area contributed by atoms with Crippen molar-refractivity contribution in [2.75, 3.05) is 6.61 Å². The number of hydrogen-bond donors (Lipinski definition) is 2. The zero-order valence-electron chi connectivity index (χ0n) is 13.6. The number of rotatable bonds is 3. The van der Waals surface area contributed by atoms with E-state index < -0.39 is 43.0 Å². The number of fused-ring (bicyclic) bond motifs is 1. The largest absolute Gasteiger partial charge is 0.475 e. The highest BCUT2D eigenvalue weighted by atomic mass is 31.2. The molecule has 3 N–H and O–H groups in total. The van der Waals surface area contributed by atoms with Gasteiger partial charge in [0.25, 0.3) is 5.56 Å². The number of nitrogens with two attached hydrogens (primary N) is 1. The zero-order valence-corrected chi connectivity index (χ0v) is 14.5. The van der Waals surface area contributed by atoms with Crippen molar-refractivity contribution in [2.24, 2.45) is 5.73 Å². The minimum atomic E-state index is -3.73. The molecule has 2 unspecified atom stereocenters. The average Bonchev–Trinajstić information content (AvgIpc) is 2.75. The molecular formula is C14H20N3O7P. The van der Waals surface area contributed by atoms with E-state index in [1.165, 1.54) is 16.8 Å². The minimum absolute atomic E-state index is 0.0178. The van der Waals surface area contributed by atoms with Crippen molar-refractivity contribution < 1.29 is 22.9 Å². The summed E-state index contributed by atoms with van der Waals surface area (Å²) in [6.07, 6.45) is 1.53. The molecule has 10 nitrogen and oxygen atoms in total. The molecule has 5 atom stereocenters. The van der Waals surface area contributed by atoms with E-state index in [9.17, 15) is 14.2 Å². The van der Waals surface area contributed by atoms with E-state index in [2.05, 4.69) is 4.98 Å². The summed E-state index contributed by atoms with van der Waals surface area (Å²) in [6.45, 7) is 1.62. The van der Waals surface area contributed by atoms with Crippen molar-refractivity contribution >= 4 is 7.82 Å². The van der Waals surface area contributed by atoms with Crippen molar-refractivity contribution in [3.63, 3.8) is 0 Å². The molecule has 1 aromatic rings. The molecule has 3 aliphatic rings. The van der Waals surface area contributed by atoms with Crippen LogP contribution in [0, 0.1) is 0 Å². The summed E-state index contributed by atoms with van der Waals surface area (Å²) in [5, 5.41) is 0. The first-order valence-corrected chi connectivity index (χ1v) is 9.62. The van der Waals surface area contributed by atoms with Gasteiger partial charge in [-0.1, -0.05) is 0 Å². The second-order valence-corrected chi connectivity index (χ2v) is 8.41. The smallest absolute Gasteiger partial charge is 0.347 e. The molecule has 4 rings (SSSR count). The number of phosphoric acid groups is 1. The van der Waals surface area contributed by atoms with E-state index in [-0.39, 0.29) is 12.7 Å². The van der Waals surface area contributed by atoms with Gasteiger partial charge in [0.2, 0.25) is 0 Å². The van der Waals surface area contributed by atoms with Gasteiger partial charge >= 0.3 is 13.5 Å². The van der Waals surface area contributed by atoms with Crippen LogP contribution in [-0.4, -0.2) is 40.0 Å². The monoisotopic (exact) mass is 373 g/mol. The third-order valence-electron chi connectivity index (χ3n) is 4.86. The quantitative estimate of drug-likeness (QED) is 0.720. The normalized spacial score (nSPS) is 41.3. The first kappa shape index (κ1) is 17.1. The van der Waals surface area contributed by atoms with E-state index in [1.54, 1.807) is 6.92 Å². The fourth-order valence-corrected chi connectivity index (χ4v) is 4.98. The van der Waals surface area contributed by atoms with Gasteiger partial charge in [-0.15, -0.1) is 0 Å². The van der Waals surface area contributed by atoms with Crippen molar-refractivity contribution in [1.29, 1.82) is 0 Å². The zero-order chi connectivity index (χ0) is 17.8. The van der Waals surface area contributed by atoms with Gasteiger partial charge in [-0.05, 0) is 26.2 Å². The summed E-state index contributed by atoms with van der Waals surface area (Å²) in [6, 6.07) is 1.20. The Morgan fingerprint density at radius 2 is 2.20 bits per heavy atom. The average molecular weight is 373 g/mol. The molecule has 1 saturated carbocycles. The SMILES string of the molecule is C[C@@]1(N)C2O[P@@](=O)(OC3CCC3)OC[C@H]2OC1n1ccc(=O)[nH]c1=O. The predicted octanol–water partition coefficient (Wildman–Crippen LogP) is 0.244. The number of H-pyrrole nitrogens is 1. The molecule has 11 heteroatoms. The molecule has 25 heavy (non-hydrogen) atoms. The van der Waals surface area contributed by atoms with Gasteiger partial charge in [0.05, 0.1) is 18.2 Å². The van der Waals surface area contributed by atoms with E-state index >= 15 is 0 Å². The number of nitrogens with zero attached hydrogens (tertiary/aromatic N) is 1. The van der Waals surface area contributed by atoms with Crippen LogP contribution in [0.4, 0.5) is 0 Å². The number of hydrogen-bond acceptors (Lipinski definition) is 8. The maximum atomic E-state index is 12.7. The third-order valence-corrected chi connectivity index (χ3v) is 6.37. The van der Waals surface area contributed by atoms with Crippen LogP contribution < -0.4 is 17.0 Å². The summed E-state index contributed by atoms with van der Waals surface area (Å²) in [5.74, 6) is 0. The Morgan fingerprint density at radius 1 is 1.44 bits per heavy atom. The first-order valence-electron chi connectivity index (χ1n) is 8.16. The van der Waals surface area contributed by atoms with Crippen molar-refractivity contribution in [1.82, 2.24) is 9.55 Å². The van der Waals surface area contributed by atoms with Crippen molar-refractivity contribution in [3.05, 3.63) is 33.1 Å². The maximum absolute atomic E-state index is 12.7. The molecule has 1 aromatic heterocycles. The lowest BCUT2D eigenvalue weighted by atomic mass is 9.93. The van der Waals surface area contributed by atoms with Crippen LogP contribution in [0.1, 0.15) is 32.4 Å². The van der Waals surface area contributed by atoms with E-state index in [4.69, 9.17) is 24.0 Å². The predicted molar refractivity (Wildman–Crippen MR) is 85.0 cm³/mol. The lowest BCUT2D eigenvalue weighted by Crippen LogP contribution is -2.55. The summed E-state index contributed by atoms with van der Waals surface area (Å²) in [7, 11) is -3.73. The number of aromatic nitrogens is 2. The molecule has 2 saturated heterocycles.